The van der Waals surface area contributed by atoms with E-state index in [0.29, 0.717) is 12.6 Å². The van der Waals surface area contributed by atoms with Gasteiger partial charge in [-0.1, -0.05) is 23.7 Å². The number of nitrogens with zero attached hydrogens (tertiary/aromatic N) is 2. The van der Waals surface area contributed by atoms with Gasteiger partial charge in [-0.15, -0.1) is 11.3 Å². The average molecular weight is 392 g/mol. The van der Waals surface area contributed by atoms with Crippen LogP contribution in [-0.2, 0) is 4.74 Å². The van der Waals surface area contributed by atoms with Crippen LogP contribution in [0, 0.1) is 13.8 Å². The fourth-order valence-corrected chi connectivity index (χ4v) is 4.80. The third-order valence-corrected chi connectivity index (χ3v) is 6.43. The van der Waals surface area contributed by atoms with Gasteiger partial charge in [-0.25, -0.2) is 4.98 Å². The Morgan fingerprint density at radius 1 is 1.31 bits per heavy atom. The number of aryl methyl sites for hydroxylation is 2. The zero-order valence-electron chi connectivity index (χ0n) is 14.9. The van der Waals surface area contributed by atoms with Crippen molar-refractivity contribution in [1.29, 1.82) is 0 Å². The largest absolute Gasteiger partial charge is 0.371 e. The molecule has 0 unspecified atom stereocenters. The van der Waals surface area contributed by atoms with Crippen LogP contribution in [0.15, 0.2) is 24.3 Å². The zero-order chi connectivity index (χ0) is 18.3. The second kappa shape index (κ2) is 7.27. The van der Waals surface area contributed by atoms with Gasteiger partial charge in [0.25, 0.3) is 5.91 Å². The summed E-state index contributed by atoms with van der Waals surface area (Å²) >= 11 is 7.43. The molecule has 2 saturated heterocycles. The van der Waals surface area contributed by atoms with E-state index in [1.807, 2.05) is 38.1 Å². The van der Waals surface area contributed by atoms with E-state index < -0.39 is 0 Å². The highest BCUT2D eigenvalue weighted by molar-refractivity contribution is 7.13. The summed E-state index contributed by atoms with van der Waals surface area (Å²) in [5.41, 5.74) is 1.96. The molecule has 138 valence electrons. The number of thiazole rings is 1. The zero-order valence-corrected chi connectivity index (χ0v) is 16.4. The van der Waals surface area contributed by atoms with Crippen molar-refractivity contribution in [2.45, 2.75) is 38.5 Å². The van der Waals surface area contributed by atoms with E-state index in [1.54, 1.807) is 0 Å². The van der Waals surface area contributed by atoms with E-state index in [1.165, 1.54) is 11.3 Å². The topological polar surface area (TPSA) is 54.5 Å². The number of hydrogen-bond acceptors (Lipinski definition) is 5. The second-order valence-corrected chi connectivity index (χ2v) is 8.67. The molecule has 5 nitrogen and oxygen atoms in total. The molecule has 3 heterocycles. The number of ether oxygens (including phenoxy) is 1. The third-order valence-electron chi connectivity index (χ3n) is 5.10. The number of halogens is 1. The van der Waals surface area contributed by atoms with Crippen LogP contribution in [0.2, 0.25) is 5.02 Å². The van der Waals surface area contributed by atoms with Crippen molar-refractivity contribution in [2.24, 2.45) is 0 Å². The summed E-state index contributed by atoms with van der Waals surface area (Å²) in [5, 5.41) is 4.85. The standard InChI is InChI=1S/C19H22ClN3O2S/c1-11-18(26-12(2)21-11)19(24)22-15-7-16-10-25-17(9-23(16)8-15)13-3-5-14(20)6-4-13/h3-6,15-17H,7-10H2,1-2H3,(H,22,24)/t15-,16-,17+/m0/s1. The maximum absolute atomic E-state index is 12.6. The van der Waals surface area contributed by atoms with Crippen LogP contribution in [0.4, 0.5) is 0 Å². The van der Waals surface area contributed by atoms with Crippen molar-refractivity contribution >= 4 is 28.8 Å². The molecule has 1 N–H and O–H groups in total. The number of nitrogens with one attached hydrogen (secondary N) is 1. The number of amides is 1. The van der Waals surface area contributed by atoms with Gasteiger partial charge in [0.05, 0.1) is 23.4 Å². The van der Waals surface area contributed by atoms with Gasteiger partial charge in [0, 0.05) is 30.2 Å². The molecule has 2 fully saturated rings. The highest BCUT2D eigenvalue weighted by Crippen LogP contribution is 2.31. The first kappa shape index (κ1) is 17.9. The van der Waals surface area contributed by atoms with Crippen molar-refractivity contribution in [3.63, 3.8) is 0 Å². The molecule has 2 aromatic rings. The van der Waals surface area contributed by atoms with E-state index >= 15 is 0 Å². The van der Waals surface area contributed by atoms with Gasteiger partial charge < -0.3 is 10.1 Å². The van der Waals surface area contributed by atoms with Crippen LogP contribution in [0.5, 0.6) is 0 Å². The fraction of sp³-hybridized carbons (Fsp3) is 0.474. The lowest BCUT2D eigenvalue weighted by atomic mass is 10.1. The number of aromatic nitrogens is 1. The van der Waals surface area contributed by atoms with Crippen LogP contribution in [-0.4, -0.2) is 47.6 Å². The molecular formula is C19H22ClN3O2S. The Labute approximate surface area is 162 Å². The molecule has 0 aliphatic carbocycles. The molecule has 1 amide bonds. The molecular weight excluding hydrogens is 370 g/mol. The van der Waals surface area contributed by atoms with Gasteiger partial charge in [0.1, 0.15) is 4.88 Å². The first-order valence-electron chi connectivity index (χ1n) is 8.85. The molecule has 1 aromatic heterocycles. The van der Waals surface area contributed by atoms with Crippen LogP contribution in [0.1, 0.15) is 38.5 Å². The van der Waals surface area contributed by atoms with Crippen LogP contribution >= 0.6 is 22.9 Å². The molecule has 26 heavy (non-hydrogen) atoms. The Hall–Kier alpha value is -1.47. The normalized spacial score (nSPS) is 25.9. The number of fused-ring (bicyclic) bond motifs is 1. The lowest BCUT2D eigenvalue weighted by Gasteiger charge is -2.35. The maximum atomic E-state index is 12.6. The van der Waals surface area contributed by atoms with Crippen LogP contribution in [0.3, 0.4) is 0 Å². The van der Waals surface area contributed by atoms with E-state index in [2.05, 4.69) is 15.2 Å². The van der Waals surface area contributed by atoms with Gasteiger partial charge in [-0.05, 0) is 38.0 Å². The lowest BCUT2D eigenvalue weighted by Crippen LogP contribution is -2.43. The first-order chi connectivity index (χ1) is 12.5. The van der Waals surface area contributed by atoms with Gasteiger partial charge in [-0.2, -0.15) is 0 Å². The number of hydrogen-bond donors (Lipinski definition) is 1. The summed E-state index contributed by atoms with van der Waals surface area (Å²) < 4.78 is 6.07. The third kappa shape index (κ3) is 3.64. The minimum atomic E-state index is -0.00637. The van der Waals surface area contributed by atoms with Crippen LogP contribution < -0.4 is 5.32 Å². The van der Waals surface area contributed by atoms with E-state index in [0.717, 1.165) is 45.7 Å². The number of morpholine rings is 1. The molecule has 0 radical (unpaired) electrons. The predicted molar refractivity (Wildman–Crippen MR) is 103 cm³/mol. The SMILES string of the molecule is Cc1nc(C)c(C(=O)N[C@H]2C[C@H]3CO[C@@H](c4ccc(Cl)cc4)CN3C2)s1. The van der Waals surface area contributed by atoms with Crippen molar-refractivity contribution in [2.75, 3.05) is 19.7 Å². The maximum Gasteiger partial charge on any atom is 0.263 e. The number of rotatable bonds is 3. The Morgan fingerprint density at radius 3 is 2.77 bits per heavy atom. The molecule has 3 atom stereocenters. The first-order valence-corrected chi connectivity index (χ1v) is 10.0. The van der Waals surface area contributed by atoms with E-state index in [-0.39, 0.29) is 18.1 Å². The number of benzene rings is 1. The molecule has 2 aliphatic rings. The molecule has 1 aromatic carbocycles. The van der Waals surface area contributed by atoms with Gasteiger partial charge >= 0.3 is 0 Å². The van der Waals surface area contributed by atoms with Gasteiger partial charge in [0.15, 0.2) is 0 Å². The summed E-state index contributed by atoms with van der Waals surface area (Å²) in [4.78, 5) is 20.1. The van der Waals surface area contributed by atoms with Crippen molar-refractivity contribution in [3.05, 3.63) is 50.4 Å². The van der Waals surface area contributed by atoms with Crippen molar-refractivity contribution in [1.82, 2.24) is 15.2 Å². The van der Waals surface area contributed by atoms with Crippen LogP contribution in [0.25, 0.3) is 0 Å². The molecule has 7 heteroatoms. The monoisotopic (exact) mass is 391 g/mol. The predicted octanol–water partition coefficient (Wildman–Crippen LogP) is 3.36. The molecule has 4 rings (SSSR count). The Kier molecular flexibility index (Phi) is 5.01. The average Bonchev–Trinajstić information content (AvgIpc) is 3.16. The lowest BCUT2D eigenvalue weighted by molar-refractivity contribution is -0.0502. The summed E-state index contributed by atoms with van der Waals surface area (Å²) in [5.74, 6) is -0.00637. The molecule has 0 spiro atoms. The Morgan fingerprint density at radius 2 is 2.08 bits per heavy atom. The highest BCUT2D eigenvalue weighted by atomic mass is 35.5. The highest BCUT2D eigenvalue weighted by Gasteiger charge is 2.38. The number of carbonyl (C=O) groups excluding carboxylic acids is 1. The summed E-state index contributed by atoms with van der Waals surface area (Å²) in [7, 11) is 0. The number of carbonyl (C=O) groups is 1. The van der Waals surface area contributed by atoms with E-state index in [4.69, 9.17) is 16.3 Å². The van der Waals surface area contributed by atoms with Gasteiger partial charge in [-0.3, -0.25) is 9.69 Å². The van der Waals surface area contributed by atoms with Crippen molar-refractivity contribution < 1.29 is 9.53 Å². The minimum Gasteiger partial charge on any atom is -0.371 e. The fourth-order valence-electron chi connectivity index (χ4n) is 3.85. The van der Waals surface area contributed by atoms with Crippen molar-refractivity contribution in [3.8, 4) is 0 Å². The minimum absolute atomic E-state index is 0.00637. The molecule has 0 saturated carbocycles. The van der Waals surface area contributed by atoms with E-state index in [9.17, 15) is 4.79 Å². The molecule has 2 aliphatic heterocycles. The summed E-state index contributed by atoms with van der Waals surface area (Å²) in [6.45, 7) is 6.22. The summed E-state index contributed by atoms with van der Waals surface area (Å²) in [6, 6.07) is 8.38. The second-order valence-electron chi connectivity index (χ2n) is 7.03. The Balaban J connectivity index is 1.38. The smallest absolute Gasteiger partial charge is 0.263 e. The Bertz CT molecular complexity index is 808. The quantitative estimate of drug-likeness (QED) is 0.871. The van der Waals surface area contributed by atoms with Gasteiger partial charge in [0.2, 0.25) is 0 Å². The molecule has 0 bridgehead atoms. The summed E-state index contributed by atoms with van der Waals surface area (Å²) in [6.07, 6.45) is 0.986.